The van der Waals surface area contributed by atoms with Crippen molar-refractivity contribution in [3.8, 4) is 16.9 Å². The van der Waals surface area contributed by atoms with E-state index in [1.807, 2.05) is 30.3 Å². The molecule has 7 nitrogen and oxygen atoms in total. The zero-order valence-electron chi connectivity index (χ0n) is 17.7. The summed E-state index contributed by atoms with van der Waals surface area (Å²) in [5.41, 5.74) is 2.11. The molecule has 10 heteroatoms. The van der Waals surface area contributed by atoms with Gasteiger partial charge in [-0.1, -0.05) is 53.0 Å². The maximum absolute atomic E-state index is 13.1. The zero-order valence-corrected chi connectivity index (χ0v) is 20.0. The molecular weight excluding hydrogens is 499 g/mol. The summed E-state index contributed by atoms with van der Waals surface area (Å²) in [5, 5.41) is 7.77. The molecule has 172 valence electrons. The molecule has 0 spiro atoms. The average Bonchev–Trinajstić information content (AvgIpc) is 3.28. The van der Waals surface area contributed by atoms with Crippen molar-refractivity contribution in [1.29, 1.82) is 0 Å². The normalized spacial score (nSPS) is 11.6. The first-order valence-corrected chi connectivity index (χ1v) is 11.2. The topological polar surface area (TPSA) is 86.1 Å². The number of carbonyl (C=O) groups is 2. The molecule has 0 saturated heterocycles. The molecule has 0 aliphatic carbocycles. The van der Waals surface area contributed by atoms with E-state index in [1.54, 1.807) is 35.4 Å². The van der Waals surface area contributed by atoms with Crippen LogP contribution in [0.4, 0.5) is 5.69 Å². The minimum absolute atomic E-state index is 0.160. The van der Waals surface area contributed by atoms with E-state index in [4.69, 9.17) is 39.5 Å². The van der Waals surface area contributed by atoms with Crippen molar-refractivity contribution in [2.45, 2.75) is 13.0 Å². The Balaban J connectivity index is 1.59. The van der Waals surface area contributed by atoms with Crippen LogP contribution in [0.3, 0.4) is 0 Å². The number of rotatable bonds is 6. The number of amides is 1. The summed E-state index contributed by atoms with van der Waals surface area (Å²) in [6, 6.07) is 15.7. The monoisotopic (exact) mass is 514 g/mol. The fourth-order valence-electron chi connectivity index (χ4n) is 3.12. The van der Waals surface area contributed by atoms with Crippen LogP contribution in [0.15, 0.2) is 73.2 Å². The molecule has 2 aromatic carbocycles. The van der Waals surface area contributed by atoms with Gasteiger partial charge in [-0.3, -0.25) is 9.78 Å². The van der Waals surface area contributed by atoms with Gasteiger partial charge < -0.3 is 10.1 Å². The minimum atomic E-state index is -1.16. The number of ether oxygens (including phenoxy) is 1. The van der Waals surface area contributed by atoms with E-state index in [9.17, 15) is 9.59 Å². The van der Waals surface area contributed by atoms with Crippen LogP contribution in [-0.2, 0) is 9.53 Å². The third kappa shape index (κ3) is 5.22. The number of esters is 1. The third-order valence-electron chi connectivity index (χ3n) is 4.80. The van der Waals surface area contributed by atoms with Crippen molar-refractivity contribution in [2.75, 3.05) is 5.32 Å². The SMILES string of the molecule is CC(OC(=O)c1cn(-c2ccccc2)nc1-c1cccnc1)C(=O)Nc1c(Cl)cc(Cl)cc1Cl. The van der Waals surface area contributed by atoms with Gasteiger partial charge in [-0.05, 0) is 43.3 Å². The fraction of sp³-hybridized carbons (Fsp3) is 0.0833. The molecule has 1 unspecified atom stereocenters. The highest BCUT2D eigenvalue weighted by Crippen LogP contribution is 2.34. The molecule has 4 rings (SSSR count). The minimum Gasteiger partial charge on any atom is -0.449 e. The number of hydrogen-bond donors (Lipinski definition) is 1. The van der Waals surface area contributed by atoms with Gasteiger partial charge in [0.05, 0.1) is 21.4 Å². The summed E-state index contributed by atoms with van der Waals surface area (Å²) < 4.78 is 7.01. The molecular formula is C24H17Cl3N4O3. The Labute approximate surface area is 210 Å². The molecule has 2 heterocycles. The van der Waals surface area contributed by atoms with Crippen LogP contribution in [0.2, 0.25) is 15.1 Å². The van der Waals surface area contributed by atoms with E-state index in [0.717, 1.165) is 5.69 Å². The van der Waals surface area contributed by atoms with Gasteiger partial charge in [0.15, 0.2) is 6.10 Å². The number of nitrogens with one attached hydrogen (secondary N) is 1. The van der Waals surface area contributed by atoms with Crippen LogP contribution < -0.4 is 5.32 Å². The zero-order chi connectivity index (χ0) is 24.2. The van der Waals surface area contributed by atoms with Crippen molar-refractivity contribution < 1.29 is 14.3 Å². The molecule has 1 atom stereocenters. The van der Waals surface area contributed by atoms with E-state index in [0.29, 0.717) is 16.3 Å². The van der Waals surface area contributed by atoms with Crippen molar-refractivity contribution in [3.05, 3.63) is 93.8 Å². The lowest BCUT2D eigenvalue weighted by molar-refractivity contribution is -0.123. The van der Waals surface area contributed by atoms with Crippen LogP contribution in [0.5, 0.6) is 0 Å². The van der Waals surface area contributed by atoms with E-state index in [-0.39, 0.29) is 21.3 Å². The fourth-order valence-corrected chi connectivity index (χ4v) is 4.03. The largest absolute Gasteiger partial charge is 0.449 e. The molecule has 34 heavy (non-hydrogen) atoms. The number of carbonyl (C=O) groups excluding carboxylic acids is 2. The molecule has 0 saturated carbocycles. The second-order valence-corrected chi connectivity index (χ2v) is 8.45. The highest BCUT2D eigenvalue weighted by Gasteiger charge is 2.25. The smallest absolute Gasteiger partial charge is 0.342 e. The Hall–Kier alpha value is -3.39. The predicted molar refractivity (Wildman–Crippen MR) is 132 cm³/mol. The Morgan fingerprint density at radius 3 is 2.38 bits per heavy atom. The first-order chi connectivity index (χ1) is 16.3. The molecule has 0 bridgehead atoms. The first-order valence-electron chi connectivity index (χ1n) is 10.1. The number of aromatic nitrogens is 3. The summed E-state index contributed by atoms with van der Waals surface area (Å²) in [6.07, 6.45) is 3.61. The second kappa shape index (κ2) is 10.3. The lowest BCUT2D eigenvalue weighted by Crippen LogP contribution is -2.30. The van der Waals surface area contributed by atoms with Gasteiger partial charge >= 0.3 is 5.97 Å². The third-order valence-corrected chi connectivity index (χ3v) is 5.61. The summed E-state index contributed by atoms with van der Waals surface area (Å²) in [6.45, 7) is 1.44. The van der Waals surface area contributed by atoms with Crippen LogP contribution in [0.25, 0.3) is 16.9 Å². The number of benzene rings is 2. The van der Waals surface area contributed by atoms with Gasteiger partial charge in [0.25, 0.3) is 5.91 Å². The second-order valence-electron chi connectivity index (χ2n) is 7.19. The molecule has 0 fully saturated rings. The Morgan fingerprint density at radius 1 is 1.03 bits per heavy atom. The summed E-state index contributed by atoms with van der Waals surface area (Å²) in [4.78, 5) is 29.9. The number of halogens is 3. The summed E-state index contributed by atoms with van der Waals surface area (Å²) in [5.74, 6) is -1.34. The van der Waals surface area contributed by atoms with Crippen molar-refractivity contribution >= 4 is 52.4 Å². The number of pyridine rings is 1. The number of hydrogen-bond acceptors (Lipinski definition) is 5. The number of nitrogens with zero attached hydrogens (tertiary/aromatic N) is 3. The maximum atomic E-state index is 13.1. The Bertz CT molecular complexity index is 1320. The van der Waals surface area contributed by atoms with Crippen LogP contribution in [0, 0.1) is 0 Å². The summed E-state index contributed by atoms with van der Waals surface area (Å²) in [7, 11) is 0. The number of para-hydroxylation sites is 1. The molecule has 0 aliphatic heterocycles. The van der Waals surface area contributed by atoms with Gasteiger partial charge in [0.1, 0.15) is 11.3 Å². The van der Waals surface area contributed by atoms with Crippen molar-refractivity contribution in [3.63, 3.8) is 0 Å². The molecule has 0 aliphatic rings. The Morgan fingerprint density at radius 2 is 1.74 bits per heavy atom. The highest BCUT2D eigenvalue weighted by atomic mass is 35.5. The molecule has 0 radical (unpaired) electrons. The molecule has 1 amide bonds. The summed E-state index contributed by atoms with van der Waals surface area (Å²) >= 11 is 18.2. The Kier molecular flexibility index (Phi) is 7.17. The molecule has 1 N–H and O–H groups in total. The highest BCUT2D eigenvalue weighted by molar-refractivity contribution is 6.42. The average molecular weight is 516 g/mol. The van der Waals surface area contributed by atoms with E-state index < -0.39 is 18.0 Å². The first kappa shape index (κ1) is 23.8. The van der Waals surface area contributed by atoms with E-state index in [1.165, 1.54) is 19.1 Å². The molecule has 2 aromatic heterocycles. The van der Waals surface area contributed by atoms with Crippen LogP contribution in [-0.4, -0.2) is 32.7 Å². The van der Waals surface area contributed by atoms with Crippen molar-refractivity contribution in [2.24, 2.45) is 0 Å². The van der Waals surface area contributed by atoms with Gasteiger partial charge in [-0.2, -0.15) is 5.10 Å². The van der Waals surface area contributed by atoms with Crippen LogP contribution in [0.1, 0.15) is 17.3 Å². The van der Waals surface area contributed by atoms with Gasteiger partial charge in [0, 0.05) is 29.2 Å². The molecule has 4 aromatic rings. The quantitative estimate of drug-likeness (QED) is 0.315. The standard InChI is InChI=1S/C24H17Cl3N4O3/c1-14(23(32)29-22-19(26)10-16(25)11-20(22)27)34-24(33)18-13-31(17-7-3-2-4-8-17)30-21(18)15-6-5-9-28-12-15/h2-14H,1H3,(H,29,32). The van der Waals surface area contributed by atoms with Gasteiger partial charge in [0.2, 0.25) is 0 Å². The van der Waals surface area contributed by atoms with E-state index >= 15 is 0 Å². The van der Waals surface area contributed by atoms with Gasteiger partial charge in [-0.25, -0.2) is 9.48 Å². The maximum Gasteiger partial charge on any atom is 0.342 e. The van der Waals surface area contributed by atoms with Crippen LogP contribution >= 0.6 is 34.8 Å². The predicted octanol–water partition coefficient (Wildman–Crippen LogP) is 6.08. The lowest BCUT2D eigenvalue weighted by Gasteiger charge is -2.15. The number of anilines is 1. The van der Waals surface area contributed by atoms with Gasteiger partial charge in [-0.15, -0.1) is 0 Å². The lowest BCUT2D eigenvalue weighted by atomic mass is 10.1. The van der Waals surface area contributed by atoms with E-state index in [2.05, 4.69) is 15.4 Å². The van der Waals surface area contributed by atoms with Crippen molar-refractivity contribution in [1.82, 2.24) is 14.8 Å².